The molecule has 0 unspecified atom stereocenters. The fourth-order valence-corrected chi connectivity index (χ4v) is 3.79. The first-order valence-corrected chi connectivity index (χ1v) is 11.0. The molecule has 1 aliphatic heterocycles. The van der Waals surface area contributed by atoms with Crippen LogP contribution in [0.1, 0.15) is 41.3 Å². The number of rotatable bonds is 11. The molecule has 0 bridgehead atoms. The molecule has 0 saturated heterocycles. The largest absolute Gasteiger partial charge is 0.395 e. The highest BCUT2D eigenvalue weighted by atomic mass is 16.3. The number of nitrogens with zero attached hydrogens (tertiary/aromatic N) is 1. The Kier molecular flexibility index (Phi) is 8.34. The summed E-state index contributed by atoms with van der Waals surface area (Å²) in [6.07, 6.45) is 0.736. The first-order chi connectivity index (χ1) is 16.0. The Labute approximate surface area is 192 Å². The van der Waals surface area contributed by atoms with Crippen LogP contribution in [0.3, 0.4) is 0 Å². The Bertz CT molecular complexity index is 1040. The molecule has 0 saturated carbocycles. The standard InChI is InChI=1S/C25H29N3O5/c1-17(31)19-9-10-21-20(16-19)23(25(33)27-21)24(18-6-3-2-4-7-18)26-11-5-8-22(32)28(12-14-29)13-15-30/h2-4,6-7,9-10,16,26,29-30H,5,8,11-15H2,1H3,(H,27,33)/b24-23+. The number of aliphatic hydroxyl groups excluding tert-OH is 2. The number of hydrogen-bond donors (Lipinski definition) is 4. The van der Waals surface area contributed by atoms with E-state index >= 15 is 0 Å². The molecule has 8 heteroatoms. The van der Waals surface area contributed by atoms with Gasteiger partial charge < -0.3 is 25.7 Å². The predicted octanol–water partition coefficient (Wildman–Crippen LogP) is 1.89. The van der Waals surface area contributed by atoms with Crippen LogP contribution in [-0.4, -0.2) is 65.6 Å². The van der Waals surface area contributed by atoms with Crippen LogP contribution in [0.15, 0.2) is 48.5 Å². The molecule has 0 atom stereocenters. The molecule has 2 aromatic rings. The molecule has 0 radical (unpaired) electrons. The minimum absolute atomic E-state index is 0.0838. The van der Waals surface area contributed by atoms with Gasteiger partial charge in [0.05, 0.1) is 24.5 Å². The van der Waals surface area contributed by atoms with E-state index in [2.05, 4.69) is 10.6 Å². The summed E-state index contributed by atoms with van der Waals surface area (Å²) in [5, 5.41) is 24.4. The summed E-state index contributed by atoms with van der Waals surface area (Å²) in [7, 11) is 0. The van der Waals surface area contributed by atoms with Gasteiger partial charge >= 0.3 is 0 Å². The van der Waals surface area contributed by atoms with Crippen LogP contribution in [0.4, 0.5) is 5.69 Å². The van der Waals surface area contributed by atoms with Crippen molar-refractivity contribution < 1.29 is 24.6 Å². The molecule has 4 N–H and O–H groups in total. The Balaban J connectivity index is 1.84. The lowest BCUT2D eigenvalue weighted by Gasteiger charge is -2.21. The lowest BCUT2D eigenvalue weighted by atomic mass is 9.97. The highest BCUT2D eigenvalue weighted by Gasteiger charge is 2.29. The maximum Gasteiger partial charge on any atom is 0.258 e. The smallest absolute Gasteiger partial charge is 0.258 e. The second-order valence-electron chi connectivity index (χ2n) is 7.75. The van der Waals surface area contributed by atoms with Crippen LogP contribution < -0.4 is 10.6 Å². The van der Waals surface area contributed by atoms with E-state index in [1.807, 2.05) is 30.3 Å². The van der Waals surface area contributed by atoms with Gasteiger partial charge in [0, 0.05) is 42.9 Å². The lowest BCUT2D eigenvalue weighted by molar-refractivity contribution is -0.132. The number of Topliss-reactive ketones (excluding diaryl/α,β-unsaturated/α-hetero) is 1. The van der Waals surface area contributed by atoms with Crippen molar-refractivity contribution in [1.29, 1.82) is 0 Å². The van der Waals surface area contributed by atoms with Gasteiger partial charge in [-0.15, -0.1) is 0 Å². The molecular weight excluding hydrogens is 422 g/mol. The summed E-state index contributed by atoms with van der Waals surface area (Å²) in [5.74, 6) is -0.492. The van der Waals surface area contributed by atoms with Gasteiger partial charge in [0.25, 0.3) is 5.91 Å². The van der Waals surface area contributed by atoms with Gasteiger partial charge in [-0.3, -0.25) is 14.4 Å². The quantitative estimate of drug-likeness (QED) is 0.235. The lowest BCUT2D eigenvalue weighted by Crippen LogP contribution is -2.36. The summed E-state index contributed by atoms with van der Waals surface area (Å²) in [6.45, 7) is 1.96. The van der Waals surface area contributed by atoms with Gasteiger partial charge in [-0.1, -0.05) is 30.3 Å². The number of carbonyl (C=O) groups excluding carboxylic acids is 3. The molecule has 3 rings (SSSR count). The van der Waals surface area contributed by atoms with Crippen molar-refractivity contribution >= 4 is 34.6 Å². The third kappa shape index (κ3) is 5.85. The average Bonchev–Trinajstić information content (AvgIpc) is 3.14. The average molecular weight is 452 g/mol. The predicted molar refractivity (Wildman–Crippen MR) is 126 cm³/mol. The first-order valence-electron chi connectivity index (χ1n) is 11.0. The molecule has 174 valence electrons. The molecule has 2 amide bonds. The van der Waals surface area contributed by atoms with Crippen LogP contribution in [0.25, 0.3) is 11.3 Å². The van der Waals surface area contributed by atoms with E-state index in [0.29, 0.717) is 41.1 Å². The molecule has 0 aromatic heterocycles. The van der Waals surface area contributed by atoms with Crippen LogP contribution in [0.2, 0.25) is 0 Å². The van der Waals surface area contributed by atoms with E-state index in [1.165, 1.54) is 11.8 Å². The molecule has 33 heavy (non-hydrogen) atoms. The van der Waals surface area contributed by atoms with Crippen LogP contribution in [-0.2, 0) is 9.59 Å². The van der Waals surface area contributed by atoms with E-state index in [0.717, 1.165) is 5.56 Å². The minimum Gasteiger partial charge on any atom is -0.395 e. The topological polar surface area (TPSA) is 119 Å². The molecule has 0 fully saturated rings. The third-order valence-electron chi connectivity index (χ3n) is 5.44. The number of amides is 2. The fraction of sp³-hybridized carbons (Fsp3) is 0.320. The normalized spacial score (nSPS) is 13.8. The molecular formula is C25H29N3O5. The van der Waals surface area contributed by atoms with Gasteiger partial charge in [-0.25, -0.2) is 0 Å². The fourth-order valence-electron chi connectivity index (χ4n) is 3.79. The highest BCUT2D eigenvalue weighted by molar-refractivity contribution is 6.36. The van der Waals surface area contributed by atoms with Gasteiger partial charge in [0.1, 0.15) is 0 Å². The zero-order valence-electron chi connectivity index (χ0n) is 18.6. The SMILES string of the molecule is CC(=O)c1ccc2c(c1)/C(=C(\NCCCC(=O)N(CCO)CCO)c1ccccc1)C(=O)N2. The molecule has 0 spiro atoms. The number of ketones is 1. The van der Waals surface area contributed by atoms with E-state index in [1.54, 1.807) is 18.2 Å². The van der Waals surface area contributed by atoms with E-state index in [9.17, 15) is 14.4 Å². The summed E-state index contributed by atoms with van der Waals surface area (Å²) in [4.78, 5) is 38.6. The summed E-state index contributed by atoms with van der Waals surface area (Å²) < 4.78 is 0. The Hall–Kier alpha value is -3.49. The maximum absolute atomic E-state index is 12.9. The van der Waals surface area contributed by atoms with Gasteiger partial charge in [0.2, 0.25) is 5.91 Å². The van der Waals surface area contributed by atoms with E-state index < -0.39 is 0 Å². The number of carbonyl (C=O) groups is 3. The van der Waals surface area contributed by atoms with Gasteiger partial charge in [0.15, 0.2) is 5.78 Å². The Morgan fingerprint density at radius 1 is 1.00 bits per heavy atom. The number of nitrogens with one attached hydrogen (secondary N) is 2. The molecule has 2 aromatic carbocycles. The van der Waals surface area contributed by atoms with Crippen molar-refractivity contribution in [2.75, 3.05) is 38.2 Å². The second kappa shape index (κ2) is 11.4. The van der Waals surface area contributed by atoms with E-state index in [-0.39, 0.29) is 50.3 Å². The molecule has 1 aliphatic rings. The number of fused-ring (bicyclic) bond motifs is 1. The molecule has 0 aliphatic carbocycles. The van der Waals surface area contributed by atoms with Crippen LogP contribution >= 0.6 is 0 Å². The number of aliphatic hydroxyl groups is 2. The second-order valence-corrected chi connectivity index (χ2v) is 7.75. The van der Waals surface area contributed by atoms with Crippen molar-refractivity contribution in [2.24, 2.45) is 0 Å². The van der Waals surface area contributed by atoms with Crippen LogP contribution in [0, 0.1) is 0 Å². The third-order valence-corrected chi connectivity index (χ3v) is 5.44. The zero-order valence-corrected chi connectivity index (χ0v) is 18.6. The maximum atomic E-state index is 12.9. The molecule has 1 heterocycles. The van der Waals surface area contributed by atoms with Crippen molar-refractivity contribution in [3.63, 3.8) is 0 Å². The Morgan fingerprint density at radius 2 is 1.70 bits per heavy atom. The number of hydrogen-bond acceptors (Lipinski definition) is 6. The summed E-state index contributed by atoms with van der Waals surface area (Å²) in [6, 6.07) is 14.6. The minimum atomic E-state index is -0.259. The highest BCUT2D eigenvalue weighted by Crippen LogP contribution is 2.36. The van der Waals surface area contributed by atoms with Gasteiger partial charge in [-0.2, -0.15) is 0 Å². The number of benzene rings is 2. The van der Waals surface area contributed by atoms with Crippen molar-refractivity contribution in [3.05, 3.63) is 65.2 Å². The van der Waals surface area contributed by atoms with Gasteiger partial charge in [-0.05, 0) is 37.1 Å². The van der Waals surface area contributed by atoms with E-state index in [4.69, 9.17) is 10.2 Å². The monoisotopic (exact) mass is 451 g/mol. The first kappa shape index (κ1) is 24.2. The van der Waals surface area contributed by atoms with Crippen molar-refractivity contribution in [2.45, 2.75) is 19.8 Å². The number of anilines is 1. The van der Waals surface area contributed by atoms with Crippen molar-refractivity contribution in [1.82, 2.24) is 10.2 Å². The summed E-state index contributed by atoms with van der Waals surface area (Å²) in [5.41, 5.74) is 3.72. The van der Waals surface area contributed by atoms with Crippen molar-refractivity contribution in [3.8, 4) is 0 Å². The summed E-state index contributed by atoms with van der Waals surface area (Å²) >= 11 is 0. The Morgan fingerprint density at radius 3 is 2.33 bits per heavy atom. The molecule has 8 nitrogen and oxygen atoms in total. The zero-order chi connectivity index (χ0) is 23.8. The van der Waals surface area contributed by atoms with Crippen LogP contribution in [0.5, 0.6) is 0 Å².